The van der Waals surface area contributed by atoms with E-state index in [1.54, 1.807) is 25.3 Å². The normalized spacial score (nSPS) is 19.6. The molecule has 5 nitrogen and oxygen atoms in total. The van der Waals surface area contributed by atoms with Crippen LogP contribution < -0.4 is 14.8 Å². The second-order valence-corrected chi connectivity index (χ2v) is 6.54. The number of hydrogen-bond donors (Lipinski definition) is 2. The van der Waals surface area contributed by atoms with Crippen molar-refractivity contribution in [2.24, 2.45) is 0 Å². The van der Waals surface area contributed by atoms with Crippen LogP contribution in [0.25, 0.3) is 0 Å². The van der Waals surface area contributed by atoms with Gasteiger partial charge in [-0.15, -0.1) is 0 Å². The third kappa shape index (κ3) is 3.46. The van der Waals surface area contributed by atoms with Crippen molar-refractivity contribution in [1.82, 2.24) is 10.0 Å². The molecule has 1 aliphatic rings. The molecule has 2 N–H and O–H groups in total. The first-order valence-electron chi connectivity index (χ1n) is 6.40. The van der Waals surface area contributed by atoms with E-state index in [2.05, 4.69) is 10.0 Å². The third-order valence-electron chi connectivity index (χ3n) is 3.36. The highest BCUT2D eigenvalue weighted by Crippen LogP contribution is 2.21. The lowest BCUT2D eigenvalue weighted by Gasteiger charge is -2.13. The van der Waals surface area contributed by atoms with E-state index in [1.165, 1.54) is 0 Å². The topological polar surface area (TPSA) is 67.4 Å². The Balaban J connectivity index is 2.08. The molecule has 1 saturated heterocycles. The van der Waals surface area contributed by atoms with Crippen LogP contribution in [-0.4, -0.2) is 34.7 Å². The van der Waals surface area contributed by atoms with Crippen LogP contribution >= 0.6 is 0 Å². The van der Waals surface area contributed by atoms with Gasteiger partial charge in [-0.05, 0) is 50.1 Å². The first-order valence-corrected chi connectivity index (χ1v) is 7.89. The maximum atomic E-state index is 12.2. The minimum Gasteiger partial charge on any atom is -0.496 e. The molecular formula is C13H20N2O3S. The Hall–Kier alpha value is -1.11. The van der Waals surface area contributed by atoms with Crippen LogP contribution in [0.5, 0.6) is 5.75 Å². The molecule has 1 heterocycles. The summed E-state index contributed by atoms with van der Waals surface area (Å²) in [4.78, 5) is 0.281. The molecule has 1 aromatic rings. The molecule has 1 atom stereocenters. The maximum absolute atomic E-state index is 12.2. The highest BCUT2D eigenvalue weighted by molar-refractivity contribution is 7.89. The number of aryl methyl sites for hydroxylation is 1. The van der Waals surface area contributed by atoms with Crippen molar-refractivity contribution >= 4 is 10.0 Å². The summed E-state index contributed by atoms with van der Waals surface area (Å²) >= 11 is 0. The van der Waals surface area contributed by atoms with Gasteiger partial charge in [-0.25, -0.2) is 13.1 Å². The van der Waals surface area contributed by atoms with Gasteiger partial charge in [-0.1, -0.05) is 0 Å². The molecule has 1 aliphatic heterocycles. The van der Waals surface area contributed by atoms with Crippen LogP contribution in [0.3, 0.4) is 0 Å². The second-order valence-electron chi connectivity index (χ2n) is 4.78. The van der Waals surface area contributed by atoms with E-state index in [1.807, 2.05) is 6.92 Å². The number of benzene rings is 1. The summed E-state index contributed by atoms with van der Waals surface area (Å²) in [6.45, 7) is 3.23. The SMILES string of the molecule is COc1ccc(S(=O)(=O)NCC2CCCN2)cc1C. The van der Waals surface area contributed by atoms with Gasteiger partial charge in [-0.3, -0.25) is 0 Å². The number of nitrogens with one attached hydrogen (secondary N) is 2. The average Bonchev–Trinajstić information content (AvgIpc) is 2.89. The number of hydrogen-bond acceptors (Lipinski definition) is 4. The second kappa shape index (κ2) is 5.90. The molecule has 0 bridgehead atoms. The van der Waals surface area contributed by atoms with Crippen LogP contribution in [0.15, 0.2) is 23.1 Å². The van der Waals surface area contributed by atoms with E-state index in [4.69, 9.17) is 4.74 Å². The zero-order chi connectivity index (χ0) is 13.9. The highest BCUT2D eigenvalue weighted by atomic mass is 32.2. The van der Waals surface area contributed by atoms with Gasteiger partial charge >= 0.3 is 0 Å². The molecule has 0 amide bonds. The molecule has 1 aromatic carbocycles. The van der Waals surface area contributed by atoms with E-state index in [-0.39, 0.29) is 10.9 Å². The fourth-order valence-electron chi connectivity index (χ4n) is 2.24. The molecular weight excluding hydrogens is 264 g/mol. The smallest absolute Gasteiger partial charge is 0.240 e. The summed E-state index contributed by atoms with van der Waals surface area (Å²) in [6, 6.07) is 5.12. The van der Waals surface area contributed by atoms with Gasteiger partial charge in [0.15, 0.2) is 0 Å². The van der Waals surface area contributed by atoms with E-state index in [9.17, 15) is 8.42 Å². The predicted molar refractivity (Wildman–Crippen MR) is 73.9 cm³/mol. The Kier molecular flexibility index (Phi) is 4.44. The van der Waals surface area contributed by atoms with Crippen LogP contribution in [0.1, 0.15) is 18.4 Å². The lowest BCUT2D eigenvalue weighted by molar-refractivity contribution is 0.411. The summed E-state index contributed by atoms with van der Waals surface area (Å²) in [6.07, 6.45) is 2.12. The molecule has 0 aliphatic carbocycles. The van der Waals surface area contributed by atoms with Gasteiger partial charge in [0.05, 0.1) is 12.0 Å². The van der Waals surface area contributed by atoms with Crippen molar-refractivity contribution in [3.8, 4) is 5.75 Å². The molecule has 0 spiro atoms. The molecule has 0 radical (unpaired) electrons. The highest BCUT2D eigenvalue weighted by Gasteiger charge is 2.19. The van der Waals surface area contributed by atoms with Crippen molar-refractivity contribution < 1.29 is 13.2 Å². The molecule has 1 unspecified atom stereocenters. The first-order chi connectivity index (χ1) is 9.03. The summed E-state index contributed by atoms with van der Waals surface area (Å²) in [5, 5.41) is 3.26. The lowest BCUT2D eigenvalue weighted by Crippen LogP contribution is -2.37. The Morgan fingerprint density at radius 1 is 1.47 bits per heavy atom. The minimum absolute atomic E-state index is 0.245. The van der Waals surface area contributed by atoms with Crippen LogP contribution in [0.2, 0.25) is 0 Å². The van der Waals surface area contributed by atoms with Crippen molar-refractivity contribution in [3.05, 3.63) is 23.8 Å². The third-order valence-corrected chi connectivity index (χ3v) is 4.78. The van der Waals surface area contributed by atoms with Crippen LogP contribution in [0, 0.1) is 6.92 Å². The van der Waals surface area contributed by atoms with Gasteiger partial charge in [0.2, 0.25) is 10.0 Å². The largest absolute Gasteiger partial charge is 0.496 e. The molecule has 0 aromatic heterocycles. The quantitative estimate of drug-likeness (QED) is 0.847. The van der Waals surface area contributed by atoms with Crippen LogP contribution in [0.4, 0.5) is 0 Å². The Morgan fingerprint density at radius 2 is 2.26 bits per heavy atom. The summed E-state index contributed by atoms with van der Waals surface area (Å²) in [7, 11) is -1.87. The van der Waals surface area contributed by atoms with Gasteiger partial charge in [0.25, 0.3) is 0 Å². The lowest BCUT2D eigenvalue weighted by atomic mass is 10.2. The molecule has 6 heteroatoms. The minimum atomic E-state index is -3.44. The molecule has 19 heavy (non-hydrogen) atoms. The fourth-order valence-corrected chi connectivity index (χ4v) is 3.41. The molecule has 106 valence electrons. The van der Waals surface area contributed by atoms with Crippen molar-refractivity contribution in [1.29, 1.82) is 0 Å². The first kappa shape index (κ1) is 14.3. The summed E-state index contributed by atoms with van der Waals surface area (Å²) in [5.74, 6) is 0.691. The molecule has 1 fully saturated rings. The maximum Gasteiger partial charge on any atom is 0.240 e. The van der Waals surface area contributed by atoms with Crippen LogP contribution in [-0.2, 0) is 10.0 Å². The van der Waals surface area contributed by atoms with E-state index in [0.717, 1.165) is 24.9 Å². The Labute approximate surface area is 114 Å². The zero-order valence-electron chi connectivity index (χ0n) is 11.3. The number of methoxy groups -OCH3 is 1. The Bertz CT molecular complexity index is 537. The van der Waals surface area contributed by atoms with Gasteiger partial charge in [0.1, 0.15) is 5.75 Å². The van der Waals surface area contributed by atoms with Gasteiger partial charge in [-0.2, -0.15) is 0 Å². The molecule has 0 saturated carbocycles. The van der Waals surface area contributed by atoms with E-state index in [0.29, 0.717) is 12.3 Å². The van der Waals surface area contributed by atoms with E-state index >= 15 is 0 Å². The average molecular weight is 284 g/mol. The Morgan fingerprint density at radius 3 is 2.84 bits per heavy atom. The summed E-state index contributed by atoms with van der Waals surface area (Å²) < 4.78 is 32.1. The molecule has 2 rings (SSSR count). The standard InChI is InChI=1S/C13H20N2O3S/c1-10-8-12(5-6-13(10)18-2)19(16,17)15-9-11-4-3-7-14-11/h5-6,8,11,14-15H,3-4,7,9H2,1-2H3. The predicted octanol–water partition coefficient (Wildman–Crippen LogP) is 1.03. The van der Waals surface area contributed by atoms with Gasteiger partial charge < -0.3 is 10.1 Å². The van der Waals surface area contributed by atoms with E-state index < -0.39 is 10.0 Å². The van der Waals surface area contributed by atoms with Crippen molar-refractivity contribution in [3.63, 3.8) is 0 Å². The fraction of sp³-hybridized carbons (Fsp3) is 0.538. The summed E-state index contributed by atoms with van der Waals surface area (Å²) in [5.41, 5.74) is 0.810. The number of sulfonamides is 1. The van der Waals surface area contributed by atoms with Crippen molar-refractivity contribution in [2.45, 2.75) is 30.7 Å². The number of ether oxygens (including phenoxy) is 1. The van der Waals surface area contributed by atoms with Gasteiger partial charge in [0, 0.05) is 12.6 Å². The van der Waals surface area contributed by atoms with Crippen molar-refractivity contribution in [2.75, 3.05) is 20.2 Å². The number of rotatable bonds is 5. The zero-order valence-corrected chi connectivity index (χ0v) is 12.1. The monoisotopic (exact) mass is 284 g/mol.